The fraction of sp³-hybridized carbons (Fsp3) is 0.0435. The van der Waals surface area contributed by atoms with Gasteiger partial charge in [0.05, 0.1) is 17.0 Å². The topological polar surface area (TPSA) is 115 Å². The van der Waals surface area contributed by atoms with Gasteiger partial charge in [-0.1, -0.05) is 42.1 Å². The number of nitrogens with one attached hydrogen (secondary N) is 2. The van der Waals surface area contributed by atoms with E-state index in [-0.39, 0.29) is 23.4 Å². The lowest BCUT2D eigenvalue weighted by Crippen LogP contribution is -2.20. The summed E-state index contributed by atoms with van der Waals surface area (Å²) in [5, 5.41) is 13.9. The van der Waals surface area contributed by atoms with Crippen molar-refractivity contribution in [3.05, 3.63) is 90.2 Å². The molecule has 0 bridgehead atoms. The van der Waals surface area contributed by atoms with Gasteiger partial charge in [0.2, 0.25) is 11.1 Å². The second-order valence-electron chi connectivity index (χ2n) is 6.89. The van der Waals surface area contributed by atoms with Crippen LogP contribution in [0.4, 0.5) is 15.8 Å². The normalized spacial score (nSPS) is 10.6. The van der Waals surface area contributed by atoms with E-state index in [0.717, 1.165) is 11.8 Å². The van der Waals surface area contributed by atoms with Crippen LogP contribution in [0, 0.1) is 5.82 Å². The number of amides is 2. The van der Waals surface area contributed by atoms with Crippen molar-refractivity contribution < 1.29 is 14.0 Å². The van der Waals surface area contributed by atoms with Crippen molar-refractivity contribution in [1.29, 1.82) is 0 Å². The number of nitrogens with two attached hydrogens (primary N) is 1. The molecule has 8 nitrogen and oxygen atoms in total. The number of carbonyl (C=O) groups excluding carboxylic acids is 2. The molecule has 166 valence electrons. The number of para-hydroxylation sites is 2. The molecule has 4 aromatic rings. The molecular formula is C23H19FN6O2S. The van der Waals surface area contributed by atoms with Gasteiger partial charge in [-0.15, -0.1) is 10.2 Å². The molecule has 0 aliphatic carbocycles. The number of hydrogen-bond donors (Lipinski definition) is 3. The SMILES string of the molecule is Nn1c(SCC(=O)Nc2ccccc2C(=O)Nc2ccccc2)nnc1-c1ccc(F)cc1. The molecule has 0 saturated carbocycles. The summed E-state index contributed by atoms with van der Waals surface area (Å²) in [4.78, 5) is 25.2. The lowest BCUT2D eigenvalue weighted by molar-refractivity contribution is -0.113. The zero-order valence-corrected chi connectivity index (χ0v) is 18.1. The van der Waals surface area contributed by atoms with Crippen molar-refractivity contribution in [2.45, 2.75) is 5.16 Å². The van der Waals surface area contributed by atoms with Gasteiger partial charge in [0.1, 0.15) is 5.82 Å². The predicted molar refractivity (Wildman–Crippen MR) is 126 cm³/mol. The Kier molecular flexibility index (Phi) is 6.65. The molecule has 0 aliphatic rings. The Morgan fingerprint density at radius 1 is 0.909 bits per heavy atom. The Morgan fingerprint density at radius 2 is 1.61 bits per heavy atom. The molecule has 1 heterocycles. The van der Waals surface area contributed by atoms with Crippen molar-refractivity contribution in [3.63, 3.8) is 0 Å². The third kappa shape index (κ3) is 5.36. The summed E-state index contributed by atoms with van der Waals surface area (Å²) in [7, 11) is 0. The number of anilines is 2. The van der Waals surface area contributed by atoms with Crippen molar-refractivity contribution in [2.75, 3.05) is 22.2 Å². The van der Waals surface area contributed by atoms with Gasteiger partial charge in [-0.3, -0.25) is 9.59 Å². The number of aromatic nitrogens is 3. The molecule has 0 unspecified atom stereocenters. The van der Waals surface area contributed by atoms with Crippen LogP contribution in [0.1, 0.15) is 10.4 Å². The molecule has 1 aromatic heterocycles. The lowest BCUT2D eigenvalue weighted by Gasteiger charge is -2.11. The molecule has 0 aliphatic heterocycles. The number of benzene rings is 3. The number of carbonyl (C=O) groups is 2. The van der Waals surface area contributed by atoms with Gasteiger partial charge in [0.15, 0.2) is 5.82 Å². The summed E-state index contributed by atoms with van der Waals surface area (Å²) in [6, 6.07) is 21.5. The average molecular weight is 463 g/mol. The molecule has 4 rings (SSSR count). The first-order valence-corrected chi connectivity index (χ1v) is 10.8. The number of thioether (sulfide) groups is 1. The Labute approximate surface area is 193 Å². The van der Waals surface area contributed by atoms with Crippen LogP contribution in [0.15, 0.2) is 84.0 Å². The number of hydrogen-bond acceptors (Lipinski definition) is 6. The second-order valence-corrected chi connectivity index (χ2v) is 7.83. The number of halogens is 1. The van der Waals surface area contributed by atoms with E-state index in [9.17, 15) is 14.0 Å². The van der Waals surface area contributed by atoms with Crippen LogP contribution in [-0.4, -0.2) is 32.4 Å². The number of nitrogens with zero attached hydrogens (tertiary/aromatic N) is 3. The Morgan fingerprint density at radius 3 is 2.36 bits per heavy atom. The van der Waals surface area contributed by atoms with Gasteiger partial charge < -0.3 is 16.5 Å². The summed E-state index contributed by atoms with van der Waals surface area (Å²) >= 11 is 1.09. The molecule has 33 heavy (non-hydrogen) atoms. The first kappa shape index (κ1) is 22.0. The highest BCUT2D eigenvalue weighted by Gasteiger charge is 2.16. The molecule has 0 radical (unpaired) electrons. The van der Waals surface area contributed by atoms with Crippen molar-refractivity contribution in [3.8, 4) is 11.4 Å². The molecule has 0 fully saturated rings. The third-order valence-corrected chi connectivity index (χ3v) is 5.52. The van der Waals surface area contributed by atoms with Gasteiger partial charge >= 0.3 is 0 Å². The minimum atomic E-state index is -0.370. The molecule has 0 spiro atoms. The standard InChI is InChI=1S/C23H19FN6O2S/c24-16-12-10-15(11-13-16)21-28-29-23(30(21)25)33-14-20(31)27-19-9-5-4-8-18(19)22(32)26-17-6-2-1-3-7-17/h1-13H,14,25H2,(H,26,32)(H,27,31). The minimum absolute atomic E-state index is 0.00656. The zero-order valence-electron chi connectivity index (χ0n) is 17.2. The molecule has 2 amide bonds. The molecule has 3 aromatic carbocycles. The third-order valence-electron chi connectivity index (χ3n) is 4.58. The maximum atomic E-state index is 13.1. The monoisotopic (exact) mass is 462 g/mol. The Hall–Kier alpha value is -4.18. The van der Waals surface area contributed by atoms with Gasteiger partial charge in [-0.2, -0.15) is 0 Å². The molecule has 0 atom stereocenters. The fourth-order valence-electron chi connectivity index (χ4n) is 3.00. The minimum Gasteiger partial charge on any atom is -0.335 e. The summed E-state index contributed by atoms with van der Waals surface area (Å²) in [6.07, 6.45) is 0. The van der Waals surface area contributed by atoms with Gasteiger partial charge in [-0.25, -0.2) is 9.07 Å². The van der Waals surface area contributed by atoms with E-state index in [1.165, 1.54) is 16.8 Å². The predicted octanol–water partition coefficient (Wildman–Crippen LogP) is 3.78. The van der Waals surface area contributed by atoms with Gasteiger partial charge in [-0.05, 0) is 48.5 Å². The second kappa shape index (κ2) is 9.96. The molecule has 10 heteroatoms. The quantitative estimate of drug-likeness (QED) is 0.284. The van der Waals surface area contributed by atoms with E-state index < -0.39 is 0 Å². The Bertz CT molecular complexity index is 1280. The van der Waals surface area contributed by atoms with Gasteiger partial charge in [0.25, 0.3) is 5.91 Å². The highest BCUT2D eigenvalue weighted by atomic mass is 32.2. The lowest BCUT2D eigenvalue weighted by atomic mass is 10.1. The fourth-order valence-corrected chi connectivity index (χ4v) is 3.65. The summed E-state index contributed by atoms with van der Waals surface area (Å²) < 4.78 is 14.4. The van der Waals surface area contributed by atoms with Crippen LogP contribution in [0.3, 0.4) is 0 Å². The van der Waals surface area contributed by atoms with Gasteiger partial charge in [0, 0.05) is 11.3 Å². The summed E-state index contributed by atoms with van der Waals surface area (Å²) in [6.45, 7) is 0. The van der Waals surface area contributed by atoms with Crippen LogP contribution in [0.25, 0.3) is 11.4 Å². The van der Waals surface area contributed by atoms with E-state index in [4.69, 9.17) is 5.84 Å². The van der Waals surface area contributed by atoms with E-state index in [1.807, 2.05) is 18.2 Å². The van der Waals surface area contributed by atoms with Crippen LogP contribution >= 0.6 is 11.8 Å². The summed E-state index contributed by atoms with van der Waals surface area (Å²) in [5.74, 6) is 5.33. The average Bonchev–Trinajstić information content (AvgIpc) is 3.19. The first-order valence-electron chi connectivity index (χ1n) is 9.86. The van der Waals surface area contributed by atoms with Crippen LogP contribution < -0.4 is 16.5 Å². The van der Waals surface area contributed by atoms with Crippen LogP contribution in [0.5, 0.6) is 0 Å². The number of nitrogen functional groups attached to an aromatic ring is 1. The smallest absolute Gasteiger partial charge is 0.257 e. The highest BCUT2D eigenvalue weighted by molar-refractivity contribution is 7.99. The van der Waals surface area contributed by atoms with Crippen molar-refractivity contribution in [1.82, 2.24) is 14.9 Å². The largest absolute Gasteiger partial charge is 0.335 e. The molecule has 4 N–H and O–H groups in total. The zero-order chi connectivity index (χ0) is 23.2. The molecule has 0 saturated heterocycles. The maximum absolute atomic E-state index is 13.1. The first-order chi connectivity index (χ1) is 16.0. The van der Waals surface area contributed by atoms with Crippen molar-refractivity contribution >= 4 is 35.0 Å². The van der Waals surface area contributed by atoms with Crippen molar-refractivity contribution in [2.24, 2.45) is 0 Å². The maximum Gasteiger partial charge on any atom is 0.257 e. The van der Waals surface area contributed by atoms with E-state index in [2.05, 4.69) is 20.8 Å². The Balaban J connectivity index is 1.40. The highest BCUT2D eigenvalue weighted by Crippen LogP contribution is 2.23. The summed E-state index contributed by atoms with van der Waals surface area (Å²) in [5.41, 5.74) is 1.97. The van der Waals surface area contributed by atoms with E-state index in [1.54, 1.807) is 48.5 Å². The van der Waals surface area contributed by atoms with E-state index in [0.29, 0.717) is 33.5 Å². The van der Waals surface area contributed by atoms with Crippen LogP contribution in [-0.2, 0) is 4.79 Å². The molecular weight excluding hydrogens is 443 g/mol. The number of rotatable bonds is 7. The van der Waals surface area contributed by atoms with E-state index >= 15 is 0 Å². The van der Waals surface area contributed by atoms with Crippen LogP contribution in [0.2, 0.25) is 0 Å².